The number of benzene rings is 1. The fourth-order valence-corrected chi connectivity index (χ4v) is 1.44. The third-order valence-corrected chi connectivity index (χ3v) is 2.29. The van der Waals surface area contributed by atoms with Crippen molar-refractivity contribution in [1.29, 1.82) is 0 Å². The molecule has 0 bridgehead atoms. The van der Waals surface area contributed by atoms with Gasteiger partial charge in [-0.2, -0.15) is 0 Å². The van der Waals surface area contributed by atoms with Crippen molar-refractivity contribution in [1.82, 2.24) is 10.6 Å². The first-order chi connectivity index (χ1) is 9.49. The van der Waals surface area contributed by atoms with Gasteiger partial charge in [-0.05, 0) is 11.6 Å². The van der Waals surface area contributed by atoms with Crippen molar-refractivity contribution >= 4 is 23.9 Å². The molecule has 0 atom stereocenters. The summed E-state index contributed by atoms with van der Waals surface area (Å²) in [4.78, 5) is 33.4. The second-order valence-electron chi connectivity index (χ2n) is 4.05. The molecule has 106 valence electrons. The Balaban J connectivity index is 2.78. The normalized spacial score (nSPS) is 10.8. The minimum atomic E-state index is -1.00. The van der Waals surface area contributed by atoms with E-state index in [0.29, 0.717) is 0 Å². The Morgan fingerprint density at radius 1 is 1.20 bits per heavy atom. The van der Waals surface area contributed by atoms with E-state index in [9.17, 15) is 14.4 Å². The fourth-order valence-electron chi connectivity index (χ4n) is 1.44. The summed E-state index contributed by atoms with van der Waals surface area (Å²) in [5, 5.41) is 13.4. The molecule has 0 saturated carbocycles. The molecule has 0 aliphatic heterocycles. The Kier molecular flexibility index (Phi) is 5.96. The highest BCUT2D eigenvalue weighted by Gasteiger charge is 2.11. The summed E-state index contributed by atoms with van der Waals surface area (Å²) in [5.74, 6) is -1.90. The van der Waals surface area contributed by atoms with Crippen LogP contribution in [0, 0.1) is 0 Å². The largest absolute Gasteiger partial charge is 0.481 e. The van der Waals surface area contributed by atoms with Gasteiger partial charge >= 0.3 is 5.97 Å². The number of carbonyl (C=O) groups is 3. The molecule has 0 spiro atoms. The molecule has 0 aliphatic rings. The molecule has 0 unspecified atom stereocenters. The summed E-state index contributed by atoms with van der Waals surface area (Å²) < 4.78 is 0. The number of hydrogen-bond donors (Lipinski definition) is 3. The van der Waals surface area contributed by atoms with E-state index < -0.39 is 11.9 Å². The van der Waals surface area contributed by atoms with Gasteiger partial charge in [-0.25, -0.2) is 0 Å². The number of nitrogens with one attached hydrogen (secondary N) is 2. The van der Waals surface area contributed by atoms with Crippen molar-refractivity contribution < 1.29 is 19.5 Å². The van der Waals surface area contributed by atoms with Gasteiger partial charge < -0.3 is 15.7 Å². The zero-order chi connectivity index (χ0) is 15.0. The van der Waals surface area contributed by atoms with E-state index in [2.05, 4.69) is 10.6 Å². The first-order valence-electron chi connectivity index (χ1n) is 6.03. The number of rotatable bonds is 6. The van der Waals surface area contributed by atoms with E-state index in [1.54, 1.807) is 24.3 Å². The molecule has 1 rings (SSSR count). The van der Waals surface area contributed by atoms with Crippen LogP contribution in [0.4, 0.5) is 0 Å². The molecule has 0 aliphatic carbocycles. The molecule has 6 heteroatoms. The zero-order valence-electron chi connectivity index (χ0n) is 11.1. The van der Waals surface area contributed by atoms with E-state index in [1.165, 1.54) is 13.0 Å². The second kappa shape index (κ2) is 7.73. The van der Waals surface area contributed by atoms with Crippen LogP contribution in [0.1, 0.15) is 18.9 Å². The SMILES string of the molecule is CC(=O)NC(=Cc1ccccc1)C(=O)NCCC(=O)O. The van der Waals surface area contributed by atoms with Crippen LogP contribution in [0.25, 0.3) is 6.08 Å². The summed E-state index contributed by atoms with van der Waals surface area (Å²) in [6.45, 7) is 1.29. The van der Waals surface area contributed by atoms with Crippen molar-refractivity contribution in [3.63, 3.8) is 0 Å². The van der Waals surface area contributed by atoms with Crippen LogP contribution in [0.5, 0.6) is 0 Å². The van der Waals surface area contributed by atoms with Gasteiger partial charge in [0, 0.05) is 13.5 Å². The molecular weight excluding hydrogens is 260 g/mol. The lowest BCUT2D eigenvalue weighted by molar-refractivity contribution is -0.137. The maximum atomic E-state index is 11.9. The van der Waals surface area contributed by atoms with Gasteiger partial charge in [-0.1, -0.05) is 30.3 Å². The molecule has 6 nitrogen and oxygen atoms in total. The third kappa shape index (κ3) is 5.81. The molecule has 20 heavy (non-hydrogen) atoms. The number of carbonyl (C=O) groups excluding carboxylic acids is 2. The summed E-state index contributed by atoms with van der Waals surface area (Å²) in [6.07, 6.45) is 1.35. The van der Waals surface area contributed by atoms with E-state index in [-0.39, 0.29) is 24.6 Å². The monoisotopic (exact) mass is 276 g/mol. The van der Waals surface area contributed by atoms with Crippen molar-refractivity contribution in [2.45, 2.75) is 13.3 Å². The molecule has 1 aromatic rings. The number of aliphatic carboxylic acids is 1. The smallest absolute Gasteiger partial charge is 0.305 e. The van der Waals surface area contributed by atoms with Crippen LogP contribution in [0.3, 0.4) is 0 Å². The quantitative estimate of drug-likeness (QED) is 0.668. The predicted molar refractivity (Wildman–Crippen MR) is 73.5 cm³/mol. The maximum Gasteiger partial charge on any atom is 0.305 e. The highest BCUT2D eigenvalue weighted by Crippen LogP contribution is 2.05. The second-order valence-corrected chi connectivity index (χ2v) is 4.05. The molecule has 0 fully saturated rings. The summed E-state index contributed by atoms with van der Waals surface area (Å²) in [6, 6.07) is 9.01. The molecule has 3 N–H and O–H groups in total. The predicted octanol–water partition coefficient (Wildman–Crippen LogP) is 0.754. The first-order valence-corrected chi connectivity index (χ1v) is 6.03. The van der Waals surface area contributed by atoms with E-state index in [4.69, 9.17) is 5.11 Å². The zero-order valence-corrected chi connectivity index (χ0v) is 11.1. The topological polar surface area (TPSA) is 95.5 Å². The van der Waals surface area contributed by atoms with Gasteiger partial charge in [0.05, 0.1) is 6.42 Å². The van der Waals surface area contributed by atoms with E-state index >= 15 is 0 Å². The van der Waals surface area contributed by atoms with Crippen molar-refractivity contribution in [2.24, 2.45) is 0 Å². The molecule has 0 radical (unpaired) electrons. The molecule has 0 saturated heterocycles. The van der Waals surface area contributed by atoms with Crippen molar-refractivity contribution in [2.75, 3.05) is 6.54 Å². The summed E-state index contributed by atoms with van der Waals surface area (Å²) in [7, 11) is 0. The van der Waals surface area contributed by atoms with Gasteiger partial charge in [0.25, 0.3) is 5.91 Å². The number of carboxylic acid groups (broad SMARTS) is 1. The Morgan fingerprint density at radius 3 is 2.40 bits per heavy atom. The first kappa shape index (κ1) is 15.4. The van der Waals surface area contributed by atoms with Crippen LogP contribution in [0.2, 0.25) is 0 Å². The van der Waals surface area contributed by atoms with E-state index in [0.717, 1.165) is 5.56 Å². The maximum absolute atomic E-state index is 11.9. The van der Waals surface area contributed by atoms with Gasteiger partial charge in [-0.15, -0.1) is 0 Å². The summed E-state index contributed by atoms with van der Waals surface area (Å²) >= 11 is 0. The average Bonchev–Trinajstić information content (AvgIpc) is 2.38. The van der Waals surface area contributed by atoms with Crippen molar-refractivity contribution in [3.8, 4) is 0 Å². The lowest BCUT2D eigenvalue weighted by Gasteiger charge is -2.09. The van der Waals surface area contributed by atoms with Crippen LogP contribution in [-0.2, 0) is 14.4 Å². The van der Waals surface area contributed by atoms with Gasteiger partial charge in [-0.3, -0.25) is 14.4 Å². The molecule has 1 aromatic carbocycles. The van der Waals surface area contributed by atoms with E-state index in [1.807, 2.05) is 6.07 Å². The van der Waals surface area contributed by atoms with Crippen molar-refractivity contribution in [3.05, 3.63) is 41.6 Å². The minimum absolute atomic E-state index is 0.000118. The fraction of sp³-hybridized carbons (Fsp3) is 0.214. The minimum Gasteiger partial charge on any atom is -0.481 e. The number of hydrogen-bond acceptors (Lipinski definition) is 3. The lowest BCUT2D eigenvalue weighted by Crippen LogP contribution is -2.34. The Hall–Kier alpha value is -2.63. The number of carboxylic acids is 1. The van der Waals surface area contributed by atoms with Gasteiger partial charge in [0.15, 0.2) is 0 Å². The lowest BCUT2D eigenvalue weighted by atomic mass is 10.2. The Labute approximate surface area is 116 Å². The molecular formula is C14H16N2O4. The number of amides is 2. The third-order valence-electron chi connectivity index (χ3n) is 2.29. The van der Waals surface area contributed by atoms with Crippen LogP contribution in [-0.4, -0.2) is 29.4 Å². The van der Waals surface area contributed by atoms with Crippen LogP contribution >= 0.6 is 0 Å². The van der Waals surface area contributed by atoms with Gasteiger partial charge in [0.2, 0.25) is 5.91 Å². The standard InChI is InChI=1S/C14H16N2O4/c1-10(17)16-12(9-11-5-3-2-4-6-11)14(20)15-8-7-13(18)19/h2-6,9H,7-8H2,1H3,(H,15,20)(H,16,17)(H,18,19). The van der Waals surface area contributed by atoms with Gasteiger partial charge in [0.1, 0.15) is 5.70 Å². The highest BCUT2D eigenvalue weighted by molar-refractivity contribution is 6.00. The van der Waals surface area contributed by atoms with Crippen LogP contribution in [0.15, 0.2) is 36.0 Å². The Morgan fingerprint density at radius 2 is 1.85 bits per heavy atom. The molecule has 0 heterocycles. The molecule has 0 aromatic heterocycles. The molecule has 2 amide bonds. The van der Waals surface area contributed by atoms with Crippen LogP contribution < -0.4 is 10.6 Å². The highest BCUT2D eigenvalue weighted by atomic mass is 16.4. The summed E-state index contributed by atoms with van der Waals surface area (Å²) in [5.41, 5.74) is 0.832. The Bertz CT molecular complexity index is 523. The average molecular weight is 276 g/mol.